The number of fused-ring (bicyclic) bond motifs is 1. The molecule has 1 atom stereocenters. The average Bonchev–Trinajstić information content (AvgIpc) is 2.39. The Kier molecular flexibility index (Phi) is 4.75. The maximum absolute atomic E-state index is 11.9. The van der Waals surface area contributed by atoms with E-state index in [2.05, 4.69) is 5.32 Å². The lowest BCUT2D eigenvalue weighted by atomic mass is 9.72. The summed E-state index contributed by atoms with van der Waals surface area (Å²) in [6.45, 7) is 3.26. The van der Waals surface area contributed by atoms with Crippen LogP contribution in [0, 0.1) is 0 Å². The number of amides is 1. The van der Waals surface area contributed by atoms with Crippen LogP contribution in [0.5, 0.6) is 5.75 Å². The Hall–Kier alpha value is -1.73. The number of halogens is 1. The number of rotatable bonds is 3. The highest BCUT2D eigenvalue weighted by Gasteiger charge is 2.37. The van der Waals surface area contributed by atoms with Crippen LogP contribution < -0.4 is 9.97 Å². The summed E-state index contributed by atoms with van der Waals surface area (Å²) in [4.78, 5) is 23.0. The van der Waals surface area contributed by atoms with Crippen LogP contribution in [0.15, 0.2) is 12.1 Å². The number of benzene rings is 1. The van der Waals surface area contributed by atoms with Gasteiger partial charge in [-0.05, 0) is 31.0 Å². The average molecular weight is 312 g/mol. The van der Waals surface area contributed by atoms with Gasteiger partial charge in [-0.1, -0.05) is 11.6 Å². The van der Waals surface area contributed by atoms with Crippen molar-refractivity contribution in [1.82, 2.24) is 5.32 Å². The molecular weight excluding hydrogens is 296 g/mol. The first-order valence-corrected chi connectivity index (χ1v) is 6.91. The number of hydrogen-bond acceptors (Lipinski definition) is 5. The van der Waals surface area contributed by atoms with Crippen molar-refractivity contribution in [3.8, 4) is 5.75 Å². The fourth-order valence-electron chi connectivity index (χ4n) is 2.23. The molecule has 8 heteroatoms. The zero-order chi connectivity index (χ0) is 15.6. The third-order valence-corrected chi connectivity index (χ3v) is 3.26. The van der Waals surface area contributed by atoms with Crippen molar-refractivity contribution in [2.45, 2.75) is 26.2 Å². The molecule has 112 valence electrons. The fourth-order valence-corrected chi connectivity index (χ4v) is 2.47. The van der Waals surface area contributed by atoms with Gasteiger partial charge in [-0.3, -0.25) is 4.79 Å². The molecule has 0 fully saturated rings. The predicted octanol–water partition coefficient (Wildman–Crippen LogP) is 0.976. The second-order valence-corrected chi connectivity index (χ2v) is 5.12. The Balaban J connectivity index is 2.37. The molecule has 0 bridgehead atoms. The number of esters is 1. The van der Waals surface area contributed by atoms with Crippen molar-refractivity contribution >= 4 is 30.6 Å². The third-order valence-electron chi connectivity index (χ3n) is 3.04. The summed E-state index contributed by atoms with van der Waals surface area (Å²) >= 11 is 6.00. The second-order valence-electron chi connectivity index (χ2n) is 4.68. The van der Waals surface area contributed by atoms with Crippen molar-refractivity contribution in [1.29, 1.82) is 0 Å². The molecule has 2 rings (SSSR count). The van der Waals surface area contributed by atoms with Gasteiger partial charge >= 0.3 is 13.1 Å². The van der Waals surface area contributed by atoms with E-state index >= 15 is 0 Å². The summed E-state index contributed by atoms with van der Waals surface area (Å²) in [5, 5.41) is 12.9. The lowest BCUT2D eigenvalue weighted by Crippen LogP contribution is -2.52. The van der Waals surface area contributed by atoms with Gasteiger partial charge in [0.2, 0.25) is 5.91 Å². The lowest BCUT2D eigenvalue weighted by Gasteiger charge is -2.29. The summed E-state index contributed by atoms with van der Waals surface area (Å²) < 4.78 is 10.3. The summed E-state index contributed by atoms with van der Waals surface area (Å²) in [6.07, 6.45) is 0.309. The van der Waals surface area contributed by atoms with E-state index in [1.54, 1.807) is 13.0 Å². The maximum atomic E-state index is 11.9. The Morgan fingerprint density at radius 3 is 2.90 bits per heavy atom. The molecule has 0 unspecified atom stereocenters. The van der Waals surface area contributed by atoms with Crippen molar-refractivity contribution in [3.63, 3.8) is 0 Å². The normalized spacial score (nSPS) is 16.8. The van der Waals surface area contributed by atoms with Gasteiger partial charge in [0.15, 0.2) is 0 Å². The molecule has 0 saturated carbocycles. The van der Waals surface area contributed by atoms with Crippen molar-refractivity contribution in [2.24, 2.45) is 0 Å². The minimum absolute atomic E-state index is 0.166. The molecule has 0 radical (unpaired) electrons. The first-order chi connectivity index (χ1) is 9.92. The number of carbonyl (C=O) groups is 2. The highest BCUT2D eigenvalue weighted by molar-refractivity contribution is 6.47. The van der Waals surface area contributed by atoms with Gasteiger partial charge in [0.25, 0.3) is 0 Å². The Bertz CT molecular complexity index is 580. The predicted molar refractivity (Wildman–Crippen MR) is 77.3 cm³/mol. The monoisotopic (exact) mass is 311 g/mol. The largest absolute Gasteiger partial charge is 0.547 e. The molecule has 1 aliphatic heterocycles. The van der Waals surface area contributed by atoms with Gasteiger partial charge in [-0.2, -0.15) is 0 Å². The molecule has 0 aliphatic carbocycles. The van der Waals surface area contributed by atoms with Gasteiger partial charge < -0.3 is 19.7 Å². The molecule has 0 aromatic heterocycles. The molecule has 1 aromatic rings. The highest BCUT2D eigenvalue weighted by atomic mass is 35.5. The summed E-state index contributed by atoms with van der Waals surface area (Å²) in [6, 6.07) is 3.07. The maximum Gasteiger partial charge on any atom is 0.547 e. The van der Waals surface area contributed by atoms with Crippen LogP contribution in [0.1, 0.15) is 29.8 Å². The number of nitrogens with one attached hydrogen (secondary N) is 1. The highest BCUT2D eigenvalue weighted by Crippen LogP contribution is 2.33. The molecule has 21 heavy (non-hydrogen) atoms. The molecule has 6 nitrogen and oxygen atoms in total. The van der Waals surface area contributed by atoms with Crippen LogP contribution in [-0.2, 0) is 16.0 Å². The van der Waals surface area contributed by atoms with E-state index in [4.69, 9.17) is 21.0 Å². The Morgan fingerprint density at radius 2 is 2.29 bits per heavy atom. The molecule has 0 spiro atoms. The quantitative estimate of drug-likeness (QED) is 0.642. The summed E-state index contributed by atoms with van der Waals surface area (Å²) in [5.74, 6) is -1.20. The van der Waals surface area contributed by atoms with Gasteiger partial charge in [-0.25, -0.2) is 4.79 Å². The number of carbonyl (C=O) groups excluding carboxylic acids is 2. The molecule has 1 amide bonds. The number of hydrogen-bond donors (Lipinski definition) is 2. The van der Waals surface area contributed by atoms with Crippen molar-refractivity contribution in [2.75, 3.05) is 6.61 Å². The minimum Gasteiger partial charge on any atom is -0.534 e. The Labute approximate surface area is 127 Å². The van der Waals surface area contributed by atoms with Crippen LogP contribution in [0.3, 0.4) is 0 Å². The third kappa shape index (κ3) is 3.48. The van der Waals surface area contributed by atoms with Crippen LogP contribution >= 0.6 is 11.6 Å². The topological polar surface area (TPSA) is 84.9 Å². The van der Waals surface area contributed by atoms with E-state index < -0.39 is 19.0 Å². The smallest absolute Gasteiger partial charge is 0.534 e. The zero-order valence-corrected chi connectivity index (χ0v) is 12.4. The van der Waals surface area contributed by atoms with Gasteiger partial charge in [0, 0.05) is 11.9 Å². The minimum atomic E-state index is -1.24. The van der Waals surface area contributed by atoms with Crippen molar-refractivity contribution < 1.29 is 24.0 Å². The van der Waals surface area contributed by atoms with E-state index in [1.807, 2.05) is 0 Å². The molecule has 2 N–H and O–H groups in total. The fraction of sp³-hybridized carbons (Fsp3) is 0.385. The Morgan fingerprint density at radius 1 is 1.57 bits per heavy atom. The SMILES string of the molecule is CCOC(=O)c1cc(Cl)cc2c1OB(O)[C@@H](NC(C)=O)C2. The van der Waals surface area contributed by atoms with Crippen LogP contribution in [-0.4, -0.2) is 36.6 Å². The lowest BCUT2D eigenvalue weighted by molar-refractivity contribution is -0.119. The standard InChI is InChI=1S/C13H15BClNO5/c1-3-20-13(18)10-6-9(15)4-8-5-11(16-7(2)17)14(19)21-12(8)10/h4,6,11,19H,3,5H2,1-2H3,(H,16,17)/t11-/m0/s1. The summed E-state index contributed by atoms with van der Waals surface area (Å²) in [5.41, 5.74) is 0.800. The van der Waals surface area contributed by atoms with E-state index in [-0.39, 0.29) is 23.8 Å². The van der Waals surface area contributed by atoms with Gasteiger partial charge in [0.05, 0.1) is 12.5 Å². The zero-order valence-electron chi connectivity index (χ0n) is 11.7. The second kappa shape index (κ2) is 6.36. The van der Waals surface area contributed by atoms with Gasteiger partial charge in [0.1, 0.15) is 11.3 Å². The van der Waals surface area contributed by atoms with E-state index in [9.17, 15) is 14.6 Å². The van der Waals surface area contributed by atoms with Crippen molar-refractivity contribution in [3.05, 3.63) is 28.3 Å². The first-order valence-electron chi connectivity index (χ1n) is 6.53. The molecular formula is C13H15BClNO5. The molecule has 1 heterocycles. The molecule has 1 aliphatic rings. The summed E-state index contributed by atoms with van der Waals surface area (Å²) in [7, 11) is -1.24. The van der Waals surface area contributed by atoms with E-state index in [0.29, 0.717) is 17.0 Å². The van der Waals surface area contributed by atoms with Crippen LogP contribution in [0.2, 0.25) is 5.02 Å². The van der Waals surface area contributed by atoms with Crippen LogP contribution in [0.4, 0.5) is 0 Å². The van der Waals surface area contributed by atoms with E-state index in [0.717, 1.165) is 0 Å². The van der Waals surface area contributed by atoms with E-state index in [1.165, 1.54) is 13.0 Å². The van der Waals surface area contributed by atoms with Crippen LogP contribution in [0.25, 0.3) is 0 Å². The number of ether oxygens (including phenoxy) is 1. The molecule has 0 saturated heterocycles. The van der Waals surface area contributed by atoms with Gasteiger partial charge in [-0.15, -0.1) is 0 Å². The first kappa shape index (κ1) is 15.7. The molecule has 1 aromatic carbocycles.